The predicted octanol–water partition coefficient (Wildman–Crippen LogP) is 3.45. The van der Waals surface area contributed by atoms with Crippen molar-refractivity contribution in [2.75, 3.05) is 0 Å². The molecule has 0 radical (unpaired) electrons. The smallest absolute Gasteiger partial charge is 0.343 e. The van der Waals surface area contributed by atoms with Crippen LogP contribution in [0, 0.1) is 5.92 Å². The first-order valence-electron chi connectivity index (χ1n) is 6.43. The Morgan fingerprint density at radius 2 is 1.90 bits per heavy atom. The van der Waals surface area contributed by atoms with Crippen LogP contribution in [0.15, 0.2) is 30.3 Å². The SMILES string of the molecule is O=C(NC(C1CC1)C(F)(F)F)C(Br)Cc1ccccc1. The number of carbonyl (C=O) groups excluding carboxylic acids is 1. The van der Waals surface area contributed by atoms with Crippen LogP contribution in [-0.4, -0.2) is 23.0 Å². The monoisotopic (exact) mass is 349 g/mol. The lowest BCUT2D eigenvalue weighted by Gasteiger charge is -2.22. The molecule has 6 heteroatoms. The molecule has 0 aliphatic heterocycles. The van der Waals surface area contributed by atoms with Crippen molar-refractivity contribution in [3.8, 4) is 0 Å². The maximum absolute atomic E-state index is 12.8. The van der Waals surface area contributed by atoms with Crippen molar-refractivity contribution >= 4 is 21.8 Å². The van der Waals surface area contributed by atoms with Crippen molar-refractivity contribution in [1.29, 1.82) is 0 Å². The van der Waals surface area contributed by atoms with Gasteiger partial charge in [0.25, 0.3) is 0 Å². The van der Waals surface area contributed by atoms with E-state index in [0.717, 1.165) is 5.56 Å². The van der Waals surface area contributed by atoms with Gasteiger partial charge >= 0.3 is 6.18 Å². The van der Waals surface area contributed by atoms with Crippen LogP contribution < -0.4 is 5.32 Å². The highest BCUT2D eigenvalue weighted by Gasteiger charge is 2.49. The van der Waals surface area contributed by atoms with Crippen molar-refractivity contribution in [1.82, 2.24) is 5.32 Å². The fraction of sp³-hybridized carbons (Fsp3) is 0.500. The lowest BCUT2D eigenvalue weighted by atomic mass is 10.1. The predicted molar refractivity (Wildman–Crippen MR) is 73.6 cm³/mol. The third-order valence-electron chi connectivity index (χ3n) is 3.29. The summed E-state index contributed by atoms with van der Waals surface area (Å²) in [6.07, 6.45) is -2.97. The van der Waals surface area contributed by atoms with Crippen molar-refractivity contribution in [3.05, 3.63) is 35.9 Å². The molecule has 2 nitrogen and oxygen atoms in total. The molecule has 2 rings (SSSR count). The number of benzene rings is 1. The highest BCUT2D eigenvalue weighted by atomic mass is 79.9. The van der Waals surface area contributed by atoms with Crippen LogP contribution >= 0.6 is 15.9 Å². The highest BCUT2D eigenvalue weighted by molar-refractivity contribution is 9.10. The van der Waals surface area contributed by atoms with Crippen molar-refractivity contribution < 1.29 is 18.0 Å². The normalized spacial score (nSPS) is 18.4. The largest absolute Gasteiger partial charge is 0.408 e. The quantitative estimate of drug-likeness (QED) is 0.810. The topological polar surface area (TPSA) is 29.1 Å². The molecule has 0 aromatic heterocycles. The fourth-order valence-corrected chi connectivity index (χ4v) is 2.56. The number of hydrogen-bond donors (Lipinski definition) is 1. The summed E-state index contributed by atoms with van der Waals surface area (Å²) >= 11 is 3.17. The van der Waals surface area contributed by atoms with Gasteiger partial charge in [-0.3, -0.25) is 4.79 Å². The second-order valence-corrected chi connectivity index (χ2v) is 6.13. The maximum atomic E-state index is 12.8. The average Bonchev–Trinajstić information content (AvgIpc) is 3.19. The molecule has 0 spiro atoms. The summed E-state index contributed by atoms with van der Waals surface area (Å²) in [4.78, 5) is 11.2. The van der Waals surface area contributed by atoms with Gasteiger partial charge in [0.15, 0.2) is 0 Å². The van der Waals surface area contributed by atoms with Crippen molar-refractivity contribution in [3.63, 3.8) is 0 Å². The number of alkyl halides is 4. The molecule has 2 atom stereocenters. The number of amides is 1. The number of nitrogens with one attached hydrogen (secondary N) is 1. The van der Waals surface area contributed by atoms with E-state index in [1.165, 1.54) is 0 Å². The third kappa shape index (κ3) is 4.23. The minimum absolute atomic E-state index is 0.363. The first kappa shape index (κ1) is 15.4. The van der Waals surface area contributed by atoms with Crippen molar-refractivity contribution in [2.24, 2.45) is 5.92 Å². The number of halogens is 4. The molecule has 0 saturated heterocycles. The Hall–Kier alpha value is -1.04. The summed E-state index contributed by atoms with van der Waals surface area (Å²) in [6.45, 7) is 0. The van der Waals surface area contributed by atoms with Gasteiger partial charge in [-0.05, 0) is 30.7 Å². The Kier molecular flexibility index (Phi) is 4.73. The van der Waals surface area contributed by atoms with E-state index < -0.39 is 28.9 Å². The zero-order chi connectivity index (χ0) is 14.8. The molecule has 20 heavy (non-hydrogen) atoms. The lowest BCUT2D eigenvalue weighted by molar-refractivity contribution is -0.165. The molecule has 1 saturated carbocycles. The minimum atomic E-state index is -4.38. The van der Waals surface area contributed by atoms with Gasteiger partial charge < -0.3 is 5.32 Å². The van der Waals surface area contributed by atoms with Gasteiger partial charge in [-0.1, -0.05) is 46.3 Å². The van der Waals surface area contributed by atoms with Gasteiger partial charge in [0.2, 0.25) is 5.91 Å². The summed E-state index contributed by atoms with van der Waals surface area (Å²) in [5.41, 5.74) is 0.902. The Labute approximate surface area is 123 Å². The summed E-state index contributed by atoms with van der Waals surface area (Å²) in [5.74, 6) is -1.07. The molecule has 110 valence electrons. The van der Waals surface area contributed by atoms with Crippen LogP contribution in [-0.2, 0) is 11.2 Å². The Morgan fingerprint density at radius 1 is 1.30 bits per heavy atom. The maximum Gasteiger partial charge on any atom is 0.408 e. The van der Waals surface area contributed by atoms with Gasteiger partial charge in [0.1, 0.15) is 6.04 Å². The van der Waals surface area contributed by atoms with Gasteiger partial charge in [0.05, 0.1) is 4.83 Å². The minimum Gasteiger partial charge on any atom is -0.343 e. The van der Waals surface area contributed by atoms with E-state index >= 15 is 0 Å². The first-order valence-corrected chi connectivity index (χ1v) is 7.34. The Bertz CT molecular complexity index is 459. The second kappa shape index (κ2) is 6.16. The average molecular weight is 350 g/mol. The highest BCUT2D eigenvalue weighted by Crippen LogP contribution is 2.40. The molecule has 2 unspecified atom stereocenters. The molecule has 1 aliphatic rings. The van der Waals surface area contributed by atoms with Crippen LogP contribution in [0.25, 0.3) is 0 Å². The van der Waals surface area contributed by atoms with E-state index in [-0.39, 0.29) is 0 Å². The zero-order valence-electron chi connectivity index (χ0n) is 10.7. The van der Waals surface area contributed by atoms with Gasteiger partial charge in [-0.25, -0.2) is 0 Å². The van der Waals surface area contributed by atoms with Crippen molar-refractivity contribution in [2.45, 2.75) is 36.3 Å². The van der Waals surface area contributed by atoms with Crippen LogP contribution in [0.1, 0.15) is 18.4 Å². The van der Waals surface area contributed by atoms with E-state index in [2.05, 4.69) is 21.2 Å². The molecular formula is C14H15BrF3NO. The van der Waals surface area contributed by atoms with Gasteiger partial charge in [-0.15, -0.1) is 0 Å². The molecule has 1 N–H and O–H groups in total. The number of carbonyl (C=O) groups is 1. The van der Waals surface area contributed by atoms with E-state index in [1.807, 2.05) is 30.3 Å². The molecule has 0 bridgehead atoms. The molecular weight excluding hydrogens is 335 g/mol. The van der Waals surface area contributed by atoms with E-state index in [4.69, 9.17) is 0 Å². The molecule has 1 aromatic carbocycles. The van der Waals surface area contributed by atoms with Gasteiger partial charge in [0, 0.05) is 0 Å². The summed E-state index contributed by atoms with van der Waals surface area (Å²) in [5, 5.41) is 2.13. The standard InChI is InChI=1S/C14H15BrF3NO/c15-11(8-9-4-2-1-3-5-9)13(20)19-12(10-6-7-10)14(16,17)18/h1-5,10-12H,6-8H2,(H,19,20). The van der Waals surface area contributed by atoms with E-state index in [1.54, 1.807) is 0 Å². The second-order valence-electron chi connectivity index (χ2n) is 5.02. The zero-order valence-corrected chi connectivity index (χ0v) is 12.2. The molecule has 1 fully saturated rings. The van der Waals surface area contributed by atoms with Crippen LogP contribution in [0.4, 0.5) is 13.2 Å². The van der Waals surface area contributed by atoms with E-state index in [0.29, 0.717) is 19.3 Å². The third-order valence-corrected chi connectivity index (χ3v) is 4.03. The fourth-order valence-electron chi connectivity index (χ4n) is 2.05. The number of rotatable bonds is 5. The van der Waals surface area contributed by atoms with Crippen LogP contribution in [0.3, 0.4) is 0 Å². The Morgan fingerprint density at radius 3 is 2.40 bits per heavy atom. The summed E-state index contributed by atoms with van der Waals surface area (Å²) in [6, 6.07) is 7.46. The Balaban J connectivity index is 1.93. The molecule has 1 aliphatic carbocycles. The molecule has 0 heterocycles. The lowest BCUT2D eigenvalue weighted by Crippen LogP contribution is -2.49. The van der Waals surface area contributed by atoms with Crippen LogP contribution in [0.5, 0.6) is 0 Å². The first-order chi connectivity index (χ1) is 9.38. The number of hydrogen-bond acceptors (Lipinski definition) is 1. The summed E-state index contributed by atoms with van der Waals surface area (Å²) < 4.78 is 38.5. The van der Waals surface area contributed by atoms with E-state index in [9.17, 15) is 18.0 Å². The molecule has 1 amide bonds. The van der Waals surface area contributed by atoms with Gasteiger partial charge in [-0.2, -0.15) is 13.2 Å². The van der Waals surface area contributed by atoms with Crippen LogP contribution in [0.2, 0.25) is 0 Å². The summed E-state index contributed by atoms with van der Waals surface area (Å²) in [7, 11) is 0. The molecule has 1 aromatic rings.